The van der Waals surface area contributed by atoms with Crippen molar-refractivity contribution in [3.63, 3.8) is 0 Å². The molecule has 1 amide bonds. The van der Waals surface area contributed by atoms with E-state index in [-0.39, 0.29) is 23.9 Å². The Hall–Kier alpha value is -3.53. The second-order valence-corrected chi connectivity index (χ2v) is 15.9. The van der Waals surface area contributed by atoms with Gasteiger partial charge in [0.15, 0.2) is 25.2 Å². The number of oxime groups is 2. The zero-order valence-electron chi connectivity index (χ0n) is 24.2. The molecular weight excluding hydrogens is 630 g/mol. The Bertz CT molecular complexity index is 1700. The molecule has 44 heavy (non-hydrogen) atoms. The summed E-state index contributed by atoms with van der Waals surface area (Å²) in [5, 5.41) is 6.93. The molecule has 0 spiro atoms. The van der Waals surface area contributed by atoms with Crippen molar-refractivity contribution in [1.82, 2.24) is 5.32 Å². The smallest absolute Gasteiger partial charge is 0.243 e. The van der Waals surface area contributed by atoms with Gasteiger partial charge in [0.25, 0.3) is 0 Å². The fraction of sp³-hybridized carbons (Fsp3) is 0.464. The Kier molecular flexibility index (Phi) is 9.18. The fourth-order valence-corrected chi connectivity index (χ4v) is 7.69. The summed E-state index contributed by atoms with van der Waals surface area (Å²) < 4.78 is 105. The van der Waals surface area contributed by atoms with E-state index in [9.17, 15) is 39.2 Å². The van der Waals surface area contributed by atoms with Crippen molar-refractivity contribution >= 4 is 35.7 Å². The van der Waals surface area contributed by atoms with Crippen molar-refractivity contribution < 1.29 is 48.9 Å². The Labute approximate surface area is 252 Å². The molecule has 3 aliphatic rings. The number of halogens is 4. The van der Waals surface area contributed by atoms with Gasteiger partial charge in [0.05, 0.1) is 11.3 Å². The molecule has 1 N–H and O–H groups in total. The zero-order chi connectivity index (χ0) is 32.7. The molecule has 1 saturated carbocycles. The van der Waals surface area contributed by atoms with Crippen LogP contribution in [-0.4, -0.2) is 50.1 Å². The first kappa shape index (κ1) is 33.4. The minimum Gasteiger partial charge on any atom is -0.389 e. The van der Waals surface area contributed by atoms with E-state index in [4.69, 9.17) is 9.68 Å². The first-order chi connectivity index (χ1) is 20.3. The van der Waals surface area contributed by atoms with Crippen molar-refractivity contribution in [2.75, 3.05) is 0 Å². The summed E-state index contributed by atoms with van der Waals surface area (Å²) >= 11 is 0. The van der Waals surface area contributed by atoms with Gasteiger partial charge in [-0.1, -0.05) is 22.4 Å². The van der Waals surface area contributed by atoms with Crippen molar-refractivity contribution in [1.29, 1.82) is 0 Å². The summed E-state index contributed by atoms with van der Waals surface area (Å²) in [4.78, 5) is 22.6. The first-order valence-electron chi connectivity index (χ1n) is 13.5. The van der Waals surface area contributed by atoms with Gasteiger partial charge >= 0.3 is 0 Å². The second-order valence-electron chi connectivity index (χ2n) is 11.8. The molecule has 16 heteroatoms. The van der Waals surface area contributed by atoms with E-state index in [1.54, 1.807) is 27.7 Å². The van der Waals surface area contributed by atoms with E-state index in [0.717, 1.165) is 30.3 Å². The summed E-state index contributed by atoms with van der Waals surface area (Å²) in [6, 6.07) is 5.99. The lowest BCUT2D eigenvalue weighted by Gasteiger charge is -2.19. The molecule has 2 aliphatic heterocycles. The molecular formula is C28H31F4N3O7S2. The molecule has 2 heterocycles. The van der Waals surface area contributed by atoms with Crippen LogP contribution in [0.25, 0.3) is 0 Å². The molecule has 0 aromatic heterocycles. The number of nitrogens with one attached hydrogen (secondary N) is 1. The molecule has 0 radical (unpaired) electrons. The maximum Gasteiger partial charge on any atom is 0.243 e. The van der Waals surface area contributed by atoms with Gasteiger partial charge in [0.1, 0.15) is 34.5 Å². The third kappa shape index (κ3) is 7.57. The number of hydrogen-bond acceptors (Lipinski definition) is 9. The molecule has 5 rings (SSSR count). The molecule has 1 fully saturated rings. The van der Waals surface area contributed by atoms with Crippen LogP contribution in [0.4, 0.5) is 17.6 Å². The van der Waals surface area contributed by atoms with Gasteiger partial charge in [-0.05, 0) is 64.8 Å². The van der Waals surface area contributed by atoms with Crippen LogP contribution >= 0.6 is 0 Å². The number of benzene rings is 2. The Balaban J connectivity index is 0.000000209. The summed E-state index contributed by atoms with van der Waals surface area (Å²) in [5.74, 6) is -5.69. The molecule has 1 unspecified atom stereocenters. The van der Waals surface area contributed by atoms with Gasteiger partial charge in [-0.25, -0.2) is 34.4 Å². The highest BCUT2D eigenvalue weighted by molar-refractivity contribution is 8.07. The van der Waals surface area contributed by atoms with Crippen LogP contribution in [0.2, 0.25) is 0 Å². The molecule has 10 nitrogen and oxygen atoms in total. The number of sulfone groups is 2. The van der Waals surface area contributed by atoms with Crippen LogP contribution in [0.5, 0.6) is 0 Å². The van der Waals surface area contributed by atoms with Crippen LogP contribution in [0.1, 0.15) is 69.8 Å². The summed E-state index contributed by atoms with van der Waals surface area (Å²) in [7, 11) is -8.34. The molecule has 0 saturated heterocycles. The maximum absolute atomic E-state index is 14.2. The average Bonchev–Trinajstić information content (AvgIpc) is 3.52. The molecule has 1 atom stereocenters. The Morgan fingerprint density at radius 2 is 1.30 bits per heavy atom. The third-order valence-electron chi connectivity index (χ3n) is 6.76. The largest absolute Gasteiger partial charge is 0.389 e. The van der Waals surface area contributed by atoms with E-state index >= 15 is 0 Å². The topological polar surface area (TPSA) is 141 Å². The van der Waals surface area contributed by atoms with Crippen LogP contribution in [0.3, 0.4) is 0 Å². The number of nitrogens with zero attached hydrogens (tertiary/aromatic N) is 2. The van der Waals surface area contributed by atoms with E-state index in [1.807, 2.05) is 0 Å². The van der Waals surface area contributed by atoms with Gasteiger partial charge in [-0.15, -0.1) is 0 Å². The first-order valence-corrected chi connectivity index (χ1v) is 16.7. The summed E-state index contributed by atoms with van der Waals surface area (Å²) in [5.41, 5.74) is -2.85. The van der Waals surface area contributed by atoms with Crippen LogP contribution in [0.15, 0.2) is 46.7 Å². The van der Waals surface area contributed by atoms with E-state index in [1.165, 1.54) is 6.07 Å². The van der Waals surface area contributed by atoms with Crippen molar-refractivity contribution in [3.05, 3.63) is 70.8 Å². The SMILES string of the molecule is CC1(C)CC(S(=O)(=O)C(C(=O)NC2CC2)c2c(F)cccc2F)=NO1.CC1(C)CC(S(=O)(=O)Cc2c(F)cccc2F)=NO1. The lowest BCUT2D eigenvalue weighted by Crippen LogP contribution is -2.39. The summed E-state index contributed by atoms with van der Waals surface area (Å²) in [6.07, 6.45) is 1.41. The highest BCUT2D eigenvalue weighted by Gasteiger charge is 2.47. The molecule has 2 aromatic carbocycles. The van der Waals surface area contributed by atoms with E-state index in [2.05, 4.69) is 15.6 Å². The minimum atomic E-state index is -4.45. The van der Waals surface area contributed by atoms with Crippen molar-refractivity contribution in [2.24, 2.45) is 10.3 Å². The highest BCUT2D eigenvalue weighted by Crippen LogP contribution is 2.35. The van der Waals surface area contributed by atoms with Gasteiger partial charge < -0.3 is 15.0 Å². The predicted molar refractivity (Wildman–Crippen MR) is 153 cm³/mol. The maximum atomic E-state index is 14.2. The minimum absolute atomic E-state index is 0.0847. The van der Waals surface area contributed by atoms with E-state index < -0.39 is 87.2 Å². The number of hydrogen-bond donors (Lipinski definition) is 1. The predicted octanol–water partition coefficient (Wildman–Crippen LogP) is 4.60. The molecule has 240 valence electrons. The Morgan fingerprint density at radius 1 is 0.841 bits per heavy atom. The second kappa shape index (κ2) is 12.1. The summed E-state index contributed by atoms with van der Waals surface area (Å²) in [6.45, 7) is 6.62. The highest BCUT2D eigenvalue weighted by atomic mass is 32.2. The van der Waals surface area contributed by atoms with E-state index in [0.29, 0.717) is 12.8 Å². The van der Waals surface area contributed by atoms with Crippen LogP contribution in [-0.2, 0) is 39.9 Å². The normalized spacial score (nSPS) is 19.5. The van der Waals surface area contributed by atoms with Crippen LogP contribution in [0, 0.1) is 23.3 Å². The number of carbonyl (C=O) groups is 1. The quantitative estimate of drug-likeness (QED) is 0.446. The number of carbonyl (C=O) groups excluding carboxylic acids is 1. The molecule has 0 bridgehead atoms. The number of amides is 1. The lowest BCUT2D eigenvalue weighted by molar-refractivity contribution is -0.121. The lowest BCUT2D eigenvalue weighted by atomic mass is 10.1. The number of rotatable bonds is 6. The third-order valence-corrected chi connectivity index (χ3v) is 10.3. The molecule has 2 aromatic rings. The average molecular weight is 662 g/mol. The van der Waals surface area contributed by atoms with Crippen molar-refractivity contribution in [2.45, 2.75) is 81.6 Å². The van der Waals surface area contributed by atoms with Gasteiger partial charge in [-0.2, -0.15) is 0 Å². The van der Waals surface area contributed by atoms with Gasteiger partial charge in [0, 0.05) is 24.4 Å². The zero-order valence-corrected chi connectivity index (χ0v) is 25.9. The Morgan fingerprint density at radius 3 is 1.73 bits per heavy atom. The fourth-order valence-electron chi connectivity index (χ4n) is 4.30. The standard InChI is InChI=1S/C16H18F2N2O4S.C12H13F2NO3S/c1-16(2)8-12(20-24-16)25(22,23)14(15(21)19-9-6-7-9)13-10(17)4-3-5-11(13)18;1-12(2)6-11(15-18-12)19(16,17)7-8-9(13)4-3-5-10(8)14/h3-5,9,14H,6-8H2,1-2H3,(H,19,21);3-5H,6-7H2,1-2H3. The monoisotopic (exact) mass is 661 g/mol. The van der Waals surface area contributed by atoms with Crippen LogP contribution < -0.4 is 5.32 Å². The van der Waals surface area contributed by atoms with Gasteiger partial charge in [0.2, 0.25) is 15.7 Å². The van der Waals surface area contributed by atoms with Crippen molar-refractivity contribution in [3.8, 4) is 0 Å². The molecule has 1 aliphatic carbocycles. The van der Waals surface area contributed by atoms with Gasteiger partial charge in [-0.3, -0.25) is 4.79 Å².